The van der Waals surface area contributed by atoms with Gasteiger partial charge in [0.25, 0.3) is 0 Å². The third-order valence-corrected chi connectivity index (χ3v) is 3.90. The molecular weight excluding hydrogens is 328 g/mol. The van der Waals surface area contributed by atoms with E-state index in [0.717, 1.165) is 11.1 Å². The van der Waals surface area contributed by atoms with Crippen LogP contribution in [-0.4, -0.2) is 24.0 Å². The first kappa shape index (κ1) is 22.2. The third kappa shape index (κ3) is 8.48. The van der Waals surface area contributed by atoms with Crippen molar-refractivity contribution >= 4 is 11.8 Å². The number of rotatable bonds is 10. The number of amides is 2. The minimum absolute atomic E-state index is 0.0249. The number of hydrogen-bond acceptors (Lipinski definition) is 3. The molecule has 1 aromatic rings. The van der Waals surface area contributed by atoms with Crippen molar-refractivity contribution in [2.45, 2.75) is 73.3 Å². The van der Waals surface area contributed by atoms with Gasteiger partial charge in [-0.2, -0.15) is 0 Å². The van der Waals surface area contributed by atoms with E-state index in [-0.39, 0.29) is 29.8 Å². The predicted octanol–water partition coefficient (Wildman–Crippen LogP) is 3.41. The van der Waals surface area contributed by atoms with Crippen molar-refractivity contribution < 1.29 is 14.3 Å². The zero-order chi connectivity index (χ0) is 19.7. The van der Waals surface area contributed by atoms with Gasteiger partial charge < -0.3 is 15.4 Å². The molecule has 0 saturated carbocycles. The summed E-state index contributed by atoms with van der Waals surface area (Å²) in [5.74, 6) is 0.0566. The average Bonchev–Trinajstić information content (AvgIpc) is 2.55. The summed E-state index contributed by atoms with van der Waals surface area (Å²) in [6.45, 7) is 12.8. The van der Waals surface area contributed by atoms with Gasteiger partial charge >= 0.3 is 0 Å². The van der Waals surface area contributed by atoms with Crippen molar-refractivity contribution in [3.05, 3.63) is 35.4 Å². The summed E-state index contributed by atoms with van der Waals surface area (Å²) in [7, 11) is 0. The monoisotopic (exact) mass is 362 g/mol. The largest absolute Gasteiger partial charge is 0.374 e. The van der Waals surface area contributed by atoms with Crippen LogP contribution in [0.1, 0.15) is 59.1 Å². The van der Waals surface area contributed by atoms with E-state index in [0.29, 0.717) is 19.6 Å². The normalized spacial score (nSPS) is 12.5. The molecule has 1 atom stereocenters. The second-order valence-corrected chi connectivity index (χ2v) is 7.78. The van der Waals surface area contributed by atoms with Gasteiger partial charge in [0.15, 0.2) is 0 Å². The van der Waals surface area contributed by atoms with Crippen molar-refractivity contribution in [1.82, 2.24) is 10.6 Å². The number of ether oxygens (including phenoxy) is 1. The van der Waals surface area contributed by atoms with E-state index < -0.39 is 6.04 Å². The van der Waals surface area contributed by atoms with Gasteiger partial charge in [0.05, 0.1) is 12.7 Å². The quantitative estimate of drug-likeness (QED) is 0.670. The molecule has 0 aliphatic rings. The summed E-state index contributed by atoms with van der Waals surface area (Å²) < 4.78 is 5.62. The molecule has 0 heterocycles. The molecule has 0 aliphatic heterocycles. The Kier molecular flexibility index (Phi) is 9.35. The molecule has 5 nitrogen and oxygen atoms in total. The van der Waals surface area contributed by atoms with Crippen LogP contribution in [0.3, 0.4) is 0 Å². The minimum atomic E-state index is -0.520. The number of benzene rings is 1. The topological polar surface area (TPSA) is 67.4 Å². The van der Waals surface area contributed by atoms with Crippen LogP contribution in [0.2, 0.25) is 0 Å². The average molecular weight is 363 g/mol. The summed E-state index contributed by atoms with van der Waals surface area (Å²) in [4.78, 5) is 24.5. The van der Waals surface area contributed by atoms with Gasteiger partial charge in [0, 0.05) is 13.0 Å². The zero-order valence-electron chi connectivity index (χ0n) is 17.0. The van der Waals surface area contributed by atoms with Crippen molar-refractivity contribution in [3.63, 3.8) is 0 Å². The number of nitrogens with one attached hydrogen (secondary N) is 2. The van der Waals surface area contributed by atoms with Crippen LogP contribution in [0.5, 0.6) is 0 Å². The summed E-state index contributed by atoms with van der Waals surface area (Å²) in [5.41, 5.74) is 2.09. The van der Waals surface area contributed by atoms with Gasteiger partial charge in [0.1, 0.15) is 6.04 Å². The highest BCUT2D eigenvalue weighted by Crippen LogP contribution is 2.09. The van der Waals surface area contributed by atoms with Gasteiger partial charge in [-0.25, -0.2) is 0 Å². The number of carbonyl (C=O) groups excluding carboxylic acids is 2. The molecule has 0 fully saturated rings. The Hall–Kier alpha value is -1.88. The molecule has 26 heavy (non-hydrogen) atoms. The molecule has 0 saturated heterocycles. The predicted molar refractivity (Wildman–Crippen MR) is 104 cm³/mol. The zero-order valence-corrected chi connectivity index (χ0v) is 17.0. The van der Waals surface area contributed by atoms with E-state index in [4.69, 9.17) is 4.74 Å². The SMILES string of the molecule is CC(C)CC(=O)NC(C(=O)NCc1cccc(COC(C)C)c1)C(C)C. The smallest absolute Gasteiger partial charge is 0.243 e. The molecule has 0 aliphatic carbocycles. The fourth-order valence-corrected chi connectivity index (χ4v) is 2.53. The summed E-state index contributed by atoms with van der Waals surface area (Å²) in [5, 5.41) is 5.79. The Morgan fingerprint density at radius 1 is 1.04 bits per heavy atom. The molecule has 0 bridgehead atoms. The lowest BCUT2D eigenvalue weighted by Gasteiger charge is -2.22. The van der Waals surface area contributed by atoms with Crippen molar-refractivity contribution in [2.75, 3.05) is 0 Å². The molecule has 0 radical (unpaired) electrons. The Balaban J connectivity index is 2.62. The maximum atomic E-state index is 12.5. The highest BCUT2D eigenvalue weighted by Gasteiger charge is 2.24. The van der Waals surface area contributed by atoms with Gasteiger partial charge in [-0.05, 0) is 36.8 Å². The molecule has 1 rings (SSSR count). The molecule has 5 heteroatoms. The summed E-state index contributed by atoms with van der Waals surface area (Å²) in [6.07, 6.45) is 0.605. The van der Waals surface area contributed by atoms with Crippen molar-refractivity contribution in [2.24, 2.45) is 11.8 Å². The first-order valence-corrected chi connectivity index (χ1v) is 9.45. The van der Waals surface area contributed by atoms with Crippen LogP contribution in [0.25, 0.3) is 0 Å². The maximum Gasteiger partial charge on any atom is 0.243 e. The van der Waals surface area contributed by atoms with E-state index in [1.165, 1.54) is 0 Å². The van der Waals surface area contributed by atoms with Crippen LogP contribution < -0.4 is 10.6 Å². The Morgan fingerprint density at radius 2 is 1.69 bits per heavy atom. The lowest BCUT2D eigenvalue weighted by molar-refractivity contribution is -0.130. The number of carbonyl (C=O) groups is 2. The maximum absolute atomic E-state index is 12.5. The van der Waals surface area contributed by atoms with Gasteiger partial charge in [-0.1, -0.05) is 52.0 Å². The molecule has 0 aromatic heterocycles. The fraction of sp³-hybridized carbons (Fsp3) is 0.619. The standard InChI is InChI=1S/C21H34N2O3/c1-14(2)10-19(24)23-20(15(3)4)21(25)22-12-17-8-7-9-18(11-17)13-26-16(5)6/h7-9,11,14-16,20H,10,12-13H2,1-6H3,(H,22,25)(H,23,24). The van der Waals surface area contributed by atoms with Crippen LogP contribution >= 0.6 is 0 Å². The minimum Gasteiger partial charge on any atom is -0.374 e. The van der Waals surface area contributed by atoms with Gasteiger partial charge in [0.2, 0.25) is 11.8 Å². The van der Waals surface area contributed by atoms with E-state index in [9.17, 15) is 9.59 Å². The second-order valence-electron chi connectivity index (χ2n) is 7.78. The molecule has 1 unspecified atom stereocenters. The van der Waals surface area contributed by atoms with E-state index in [1.54, 1.807) is 0 Å². The summed E-state index contributed by atoms with van der Waals surface area (Å²) in [6, 6.07) is 7.46. The molecule has 0 spiro atoms. The molecule has 146 valence electrons. The molecule has 2 N–H and O–H groups in total. The van der Waals surface area contributed by atoms with Gasteiger partial charge in [-0.15, -0.1) is 0 Å². The molecule has 1 aromatic carbocycles. The van der Waals surface area contributed by atoms with Crippen LogP contribution in [0, 0.1) is 11.8 Å². The van der Waals surface area contributed by atoms with E-state index in [1.807, 2.05) is 65.8 Å². The Labute approximate surface area is 157 Å². The fourth-order valence-electron chi connectivity index (χ4n) is 2.53. The van der Waals surface area contributed by atoms with Crippen LogP contribution in [0.15, 0.2) is 24.3 Å². The first-order valence-electron chi connectivity index (χ1n) is 9.45. The second kappa shape index (κ2) is 11.0. The Bertz CT molecular complexity index is 582. The van der Waals surface area contributed by atoms with Crippen LogP contribution in [-0.2, 0) is 27.5 Å². The molecular formula is C21H34N2O3. The van der Waals surface area contributed by atoms with Gasteiger partial charge in [-0.3, -0.25) is 9.59 Å². The first-order chi connectivity index (χ1) is 12.2. The van der Waals surface area contributed by atoms with Crippen molar-refractivity contribution in [3.8, 4) is 0 Å². The van der Waals surface area contributed by atoms with Crippen LogP contribution in [0.4, 0.5) is 0 Å². The molecule has 2 amide bonds. The highest BCUT2D eigenvalue weighted by molar-refractivity contribution is 5.87. The van der Waals surface area contributed by atoms with E-state index in [2.05, 4.69) is 10.6 Å². The number of hydrogen-bond donors (Lipinski definition) is 2. The van der Waals surface area contributed by atoms with Crippen molar-refractivity contribution in [1.29, 1.82) is 0 Å². The Morgan fingerprint density at radius 3 is 2.27 bits per heavy atom. The highest BCUT2D eigenvalue weighted by atomic mass is 16.5. The van der Waals surface area contributed by atoms with E-state index >= 15 is 0 Å². The lowest BCUT2D eigenvalue weighted by Crippen LogP contribution is -2.49. The third-order valence-electron chi connectivity index (χ3n) is 3.90. The lowest BCUT2D eigenvalue weighted by atomic mass is 10.0. The summed E-state index contributed by atoms with van der Waals surface area (Å²) >= 11 is 0.